The van der Waals surface area contributed by atoms with Crippen LogP contribution in [0.15, 0.2) is 118 Å². The number of carbonyl (C=O) groups excluding carboxylic acids is 2. The van der Waals surface area contributed by atoms with Gasteiger partial charge in [-0.25, -0.2) is 0 Å². The number of aromatic hydroxyl groups is 1. The second-order valence-electron chi connectivity index (χ2n) is 12.3. The third-order valence-electron chi connectivity index (χ3n) is 8.38. The number of aliphatic imine (C=N–C) groups is 3. The SMILES string of the molecule is CCC1CC(=NCCOCCOCCNC(=O)c2ccccc2)N=C(Nc2ccc(O)cc2)N=C1Nc1ccc(C(=O)NCc2ccccc2)c(OC)c1. The molecule has 5 N–H and O–H groups in total. The van der Waals surface area contributed by atoms with E-state index in [0.29, 0.717) is 98.4 Å². The number of hydrogen-bond donors (Lipinski definition) is 5. The van der Waals surface area contributed by atoms with Gasteiger partial charge < -0.3 is 40.6 Å². The molecule has 4 aromatic rings. The maximum atomic E-state index is 13.1. The van der Waals surface area contributed by atoms with Gasteiger partial charge >= 0.3 is 0 Å². The van der Waals surface area contributed by atoms with Crippen molar-refractivity contribution in [2.45, 2.75) is 26.3 Å². The van der Waals surface area contributed by atoms with E-state index in [1.807, 2.05) is 54.6 Å². The number of amidine groups is 2. The Morgan fingerprint density at radius 1 is 0.796 bits per heavy atom. The summed E-state index contributed by atoms with van der Waals surface area (Å²) in [5.41, 5.74) is 3.42. The highest BCUT2D eigenvalue weighted by molar-refractivity contribution is 6.14. The second kappa shape index (κ2) is 20.9. The van der Waals surface area contributed by atoms with Gasteiger partial charge in [0.15, 0.2) is 0 Å². The highest BCUT2D eigenvalue weighted by atomic mass is 16.5. The van der Waals surface area contributed by atoms with Gasteiger partial charge in [0, 0.05) is 48.4 Å². The molecule has 0 aliphatic carbocycles. The Morgan fingerprint density at radius 3 is 2.22 bits per heavy atom. The number of anilines is 2. The van der Waals surface area contributed by atoms with Crippen LogP contribution in [-0.4, -0.2) is 81.2 Å². The van der Waals surface area contributed by atoms with Crippen molar-refractivity contribution in [1.82, 2.24) is 10.6 Å². The number of rotatable bonds is 17. The highest BCUT2D eigenvalue weighted by Gasteiger charge is 2.23. The first-order chi connectivity index (χ1) is 26.4. The molecule has 1 aliphatic rings. The number of hydrogen-bond acceptors (Lipinski definition) is 10. The Morgan fingerprint density at radius 2 is 1.50 bits per heavy atom. The van der Waals surface area contributed by atoms with Crippen molar-refractivity contribution < 1.29 is 28.9 Å². The Labute approximate surface area is 315 Å². The summed E-state index contributed by atoms with van der Waals surface area (Å²) in [5.74, 6) is 1.75. The van der Waals surface area contributed by atoms with Gasteiger partial charge in [-0.05, 0) is 60.5 Å². The smallest absolute Gasteiger partial charge is 0.255 e. The summed E-state index contributed by atoms with van der Waals surface area (Å²) in [5, 5.41) is 22.3. The van der Waals surface area contributed by atoms with E-state index in [1.165, 1.54) is 7.11 Å². The number of benzene rings is 4. The highest BCUT2D eigenvalue weighted by Crippen LogP contribution is 2.26. The average molecular weight is 734 g/mol. The fourth-order valence-corrected chi connectivity index (χ4v) is 5.48. The third-order valence-corrected chi connectivity index (χ3v) is 8.38. The zero-order valence-corrected chi connectivity index (χ0v) is 30.6. The predicted octanol–water partition coefficient (Wildman–Crippen LogP) is 5.90. The lowest BCUT2D eigenvalue weighted by molar-refractivity contribution is 0.0512. The quantitative estimate of drug-likeness (QED) is 0.0661. The van der Waals surface area contributed by atoms with E-state index in [9.17, 15) is 14.7 Å². The first-order valence-corrected chi connectivity index (χ1v) is 17.9. The Kier molecular flexibility index (Phi) is 15.1. The molecule has 0 aromatic heterocycles. The van der Waals surface area contributed by atoms with Crippen LogP contribution in [0, 0.1) is 5.92 Å². The molecule has 0 saturated heterocycles. The molecular weight excluding hydrogens is 686 g/mol. The minimum atomic E-state index is -0.241. The Hall–Kier alpha value is -6.05. The number of guanidine groups is 1. The maximum absolute atomic E-state index is 13.1. The molecule has 2 amide bonds. The molecule has 4 aromatic carbocycles. The number of nitrogens with zero attached hydrogens (tertiary/aromatic N) is 3. The summed E-state index contributed by atoms with van der Waals surface area (Å²) in [6, 6.07) is 30.7. The number of amides is 2. The molecule has 13 heteroatoms. The van der Waals surface area contributed by atoms with Gasteiger partial charge in [-0.3, -0.25) is 14.6 Å². The number of ether oxygens (including phenoxy) is 3. The van der Waals surface area contributed by atoms with Crippen LogP contribution in [-0.2, 0) is 16.0 Å². The molecule has 54 heavy (non-hydrogen) atoms. The lowest BCUT2D eigenvalue weighted by atomic mass is 10.00. The van der Waals surface area contributed by atoms with Gasteiger partial charge in [-0.1, -0.05) is 55.5 Å². The van der Waals surface area contributed by atoms with Crippen molar-refractivity contribution >= 4 is 40.8 Å². The molecule has 0 bridgehead atoms. The van der Waals surface area contributed by atoms with E-state index < -0.39 is 0 Å². The van der Waals surface area contributed by atoms with Crippen LogP contribution < -0.4 is 26.0 Å². The first-order valence-electron chi connectivity index (χ1n) is 17.9. The topological polar surface area (TPSA) is 167 Å². The normalized spacial score (nSPS) is 14.7. The van der Waals surface area contributed by atoms with Crippen LogP contribution in [0.1, 0.15) is 46.0 Å². The van der Waals surface area contributed by atoms with Crippen LogP contribution in [0.2, 0.25) is 0 Å². The van der Waals surface area contributed by atoms with Crippen LogP contribution >= 0.6 is 0 Å². The van der Waals surface area contributed by atoms with Gasteiger partial charge in [0.1, 0.15) is 23.2 Å². The molecule has 1 unspecified atom stereocenters. The van der Waals surface area contributed by atoms with Gasteiger partial charge in [0.2, 0.25) is 5.96 Å². The molecule has 1 atom stereocenters. The zero-order chi connectivity index (χ0) is 38.0. The molecular formula is C41H47N7O6. The second-order valence-corrected chi connectivity index (χ2v) is 12.3. The van der Waals surface area contributed by atoms with E-state index in [1.54, 1.807) is 48.5 Å². The lowest BCUT2D eigenvalue weighted by Crippen LogP contribution is -2.27. The summed E-state index contributed by atoms with van der Waals surface area (Å²) < 4.78 is 16.9. The lowest BCUT2D eigenvalue weighted by Gasteiger charge is -2.18. The zero-order valence-electron chi connectivity index (χ0n) is 30.6. The van der Waals surface area contributed by atoms with Gasteiger partial charge in [0.25, 0.3) is 11.8 Å². The molecule has 5 rings (SSSR count). The van der Waals surface area contributed by atoms with E-state index in [-0.39, 0.29) is 23.5 Å². The molecule has 282 valence electrons. The van der Waals surface area contributed by atoms with Gasteiger partial charge in [-0.2, -0.15) is 9.98 Å². The summed E-state index contributed by atoms with van der Waals surface area (Å²) in [6.07, 6.45) is 1.28. The third kappa shape index (κ3) is 12.3. The van der Waals surface area contributed by atoms with Crippen molar-refractivity contribution in [3.63, 3.8) is 0 Å². The number of phenolic OH excluding ortho intramolecular Hbond substituents is 1. The number of phenols is 1. The molecule has 0 fully saturated rings. The number of nitrogens with one attached hydrogen (secondary N) is 4. The minimum Gasteiger partial charge on any atom is -0.508 e. The van der Waals surface area contributed by atoms with E-state index >= 15 is 0 Å². The largest absolute Gasteiger partial charge is 0.508 e. The molecule has 0 radical (unpaired) electrons. The van der Waals surface area contributed by atoms with Crippen LogP contribution in [0.4, 0.5) is 11.4 Å². The number of methoxy groups -OCH3 is 1. The van der Waals surface area contributed by atoms with Crippen molar-refractivity contribution in [1.29, 1.82) is 0 Å². The Balaban J connectivity index is 1.17. The molecule has 0 saturated carbocycles. The van der Waals surface area contributed by atoms with E-state index in [0.717, 1.165) is 12.0 Å². The summed E-state index contributed by atoms with van der Waals surface area (Å²) in [6.45, 7) is 4.81. The van der Waals surface area contributed by atoms with Crippen molar-refractivity contribution in [2.24, 2.45) is 20.9 Å². The van der Waals surface area contributed by atoms with Crippen LogP contribution in [0.3, 0.4) is 0 Å². The Bertz CT molecular complexity index is 1900. The van der Waals surface area contributed by atoms with Gasteiger partial charge in [-0.15, -0.1) is 0 Å². The van der Waals surface area contributed by atoms with Crippen molar-refractivity contribution in [3.05, 3.63) is 120 Å². The molecule has 0 spiro atoms. The van der Waals surface area contributed by atoms with Crippen LogP contribution in [0.5, 0.6) is 11.5 Å². The minimum absolute atomic E-state index is 0.0526. The molecule has 1 heterocycles. The predicted molar refractivity (Wildman–Crippen MR) is 212 cm³/mol. The van der Waals surface area contributed by atoms with E-state index in [4.69, 9.17) is 29.2 Å². The fourth-order valence-electron chi connectivity index (χ4n) is 5.48. The van der Waals surface area contributed by atoms with Crippen LogP contribution in [0.25, 0.3) is 0 Å². The van der Waals surface area contributed by atoms with Crippen molar-refractivity contribution in [2.75, 3.05) is 57.3 Å². The summed E-state index contributed by atoms with van der Waals surface area (Å²) in [4.78, 5) is 39.6. The molecule has 13 nitrogen and oxygen atoms in total. The monoisotopic (exact) mass is 733 g/mol. The standard InChI is InChI=1S/C41H47N7O6/c1-3-30-26-37(42-20-22-53-24-25-54-23-21-43-39(50)31-12-8-5-9-13-31)47-41(46-32-14-17-34(49)18-15-32)48-38(30)45-33-16-19-35(36(27-33)52-2)40(51)44-28-29-10-6-4-7-11-29/h4-19,27,30,49H,3,20-26,28H2,1-2H3,(H,43,50)(H,44,51)(H2,42,45,46,47,48). The fraction of sp³-hybridized carbons (Fsp3) is 0.293. The maximum Gasteiger partial charge on any atom is 0.255 e. The first kappa shape index (κ1) is 39.2. The summed E-state index contributed by atoms with van der Waals surface area (Å²) >= 11 is 0. The number of carbonyl (C=O) groups is 2. The van der Waals surface area contributed by atoms with Gasteiger partial charge in [0.05, 0.1) is 45.6 Å². The molecule has 1 aliphatic heterocycles. The van der Waals surface area contributed by atoms with Crippen molar-refractivity contribution in [3.8, 4) is 11.5 Å². The average Bonchev–Trinajstić information content (AvgIpc) is 3.36. The van der Waals surface area contributed by atoms with E-state index in [2.05, 4.69) is 28.2 Å². The summed E-state index contributed by atoms with van der Waals surface area (Å²) in [7, 11) is 1.53.